The third kappa shape index (κ3) is 3.60. The van der Waals surface area contributed by atoms with Gasteiger partial charge in [-0.2, -0.15) is 0 Å². The molecule has 2 aliphatic rings. The zero-order chi connectivity index (χ0) is 18.7. The summed E-state index contributed by atoms with van der Waals surface area (Å²) >= 11 is 1.24. The molecule has 8 nitrogen and oxygen atoms in total. The normalized spacial score (nSPS) is 17.6. The molecule has 0 saturated carbocycles. The number of hydrogen-bond acceptors (Lipinski definition) is 8. The van der Waals surface area contributed by atoms with Crippen LogP contribution in [0.15, 0.2) is 0 Å². The van der Waals surface area contributed by atoms with Gasteiger partial charge >= 0.3 is 17.8 Å². The van der Waals surface area contributed by atoms with Gasteiger partial charge < -0.3 is 24.3 Å². The predicted octanol–water partition coefficient (Wildman–Crippen LogP) is 1.66. The van der Waals surface area contributed by atoms with Crippen molar-refractivity contribution in [1.82, 2.24) is 0 Å². The fourth-order valence-corrected chi connectivity index (χ4v) is 4.49. The van der Waals surface area contributed by atoms with Crippen LogP contribution in [0, 0.1) is 0 Å². The van der Waals surface area contributed by atoms with E-state index in [-0.39, 0.29) is 13.2 Å². The van der Waals surface area contributed by atoms with Gasteiger partial charge in [-0.15, -0.1) is 11.3 Å². The van der Waals surface area contributed by atoms with Crippen molar-refractivity contribution < 1.29 is 33.3 Å². The van der Waals surface area contributed by atoms with Crippen molar-refractivity contribution in [3.63, 3.8) is 0 Å². The molecule has 1 spiro atoms. The van der Waals surface area contributed by atoms with Gasteiger partial charge in [0, 0.05) is 17.7 Å². The van der Waals surface area contributed by atoms with Crippen LogP contribution in [-0.2, 0) is 41.4 Å². The molecule has 1 aliphatic carbocycles. The van der Waals surface area contributed by atoms with Gasteiger partial charge in [-0.1, -0.05) is 0 Å². The zero-order valence-corrected chi connectivity index (χ0v) is 15.5. The van der Waals surface area contributed by atoms with Gasteiger partial charge in [0.1, 0.15) is 5.00 Å². The van der Waals surface area contributed by atoms with Gasteiger partial charge in [-0.3, -0.25) is 4.79 Å². The average Bonchev–Trinajstić information content (AvgIpc) is 3.19. The van der Waals surface area contributed by atoms with Crippen molar-refractivity contribution in [2.45, 2.75) is 38.9 Å². The first kappa shape index (κ1) is 18.8. The monoisotopic (exact) mass is 383 g/mol. The standard InChI is InChI=1S/C17H21NO7S/c1-3-22-15(20)12-10-5-6-17(24-7-8-25-17)9-11(10)26-14(12)18-13(19)16(21)23-4-2/h3-9H2,1-2H3,(H,18,19). The molecule has 1 N–H and O–H groups in total. The number of thiophene rings is 1. The van der Waals surface area contributed by atoms with E-state index in [1.54, 1.807) is 13.8 Å². The summed E-state index contributed by atoms with van der Waals surface area (Å²) in [5.74, 6) is -3.09. The molecule has 2 heterocycles. The van der Waals surface area contributed by atoms with E-state index in [0.29, 0.717) is 43.0 Å². The van der Waals surface area contributed by atoms with E-state index in [2.05, 4.69) is 5.32 Å². The fourth-order valence-electron chi connectivity index (χ4n) is 3.17. The van der Waals surface area contributed by atoms with Crippen molar-refractivity contribution in [2.75, 3.05) is 31.7 Å². The number of rotatable bonds is 4. The number of carbonyl (C=O) groups excluding carboxylic acids is 3. The van der Waals surface area contributed by atoms with E-state index in [0.717, 1.165) is 10.4 Å². The highest BCUT2D eigenvalue weighted by Crippen LogP contribution is 2.44. The Bertz CT molecular complexity index is 721. The van der Waals surface area contributed by atoms with Crippen LogP contribution in [0.25, 0.3) is 0 Å². The number of fused-ring (bicyclic) bond motifs is 1. The SMILES string of the molecule is CCOC(=O)C(=O)Nc1sc2c(c1C(=O)OCC)CCC1(C2)OCCO1. The number of ether oxygens (including phenoxy) is 4. The smallest absolute Gasteiger partial charge is 0.397 e. The lowest BCUT2D eigenvalue weighted by atomic mass is 9.91. The van der Waals surface area contributed by atoms with Crippen LogP contribution >= 0.6 is 11.3 Å². The lowest BCUT2D eigenvalue weighted by Crippen LogP contribution is -2.36. The van der Waals surface area contributed by atoms with Crippen LogP contribution in [0.3, 0.4) is 0 Å². The highest BCUT2D eigenvalue weighted by Gasteiger charge is 2.43. The van der Waals surface area contributed by atoms with Crippen LogP contribution < -0.4 is 5.32 Å². The lowest BCUT2D eigenvalue weighted by molar-refractivity contribution is -0.163. The molecule has 1 saturated heterocycles. The summed E-state index contributed by atoms with van der Waals surface area (Å²) in [5, 5.41) is 2.79. The topological polar surface area (TPSA) is 100 Å². The molecule has 0 atom stereocenters. The average molecular weight is 383 g/mol. The lowest BCUT2D eigenvalue weighted by Gasteiger charge is -2.31. The quantitative estimate of drug-likeness (QED) is 0.623. The van der Waals surface area contributed by atoms with Crippen LogP contribution in [0.4, 0.5) is 5.00 Å². The first-order chi connectivity index (χ1) is 12.5. The van der Waals surface area contributed by atoms with Crippen molar-refractivity contribution in [3.05, 3.63) is 16.0 Å². The van der Waals surface area contributed by atoms with E-state index in [9.17, 15) is 14.4 Å². The Balaban J connectivity index is 1.90. The van der Waals surface area contributed by atoms with Crippen LogP contribution in [-0.4, -0.2) is 50.1 Å². The van der Waals surface area contributed by atoms with Gasteiger partial charge in [0.2, 0.25) is 0 Å². The van der Waals surface area contributed by atoms with Crippen molar-refractivity contribution in [2.24, 2.45) is 0 Å². The van der Waals surface area contributed by atoms with Gasteiger partial charge in [-0.05, 0) is 25.8 Å². The second-order valence-corrected chi connectivity index (χ2v) is 6.99. The number of anilines is 1. The summed E-state index contributed by atoms with van der Waals surface area (Å²) < 4.78 is 21.3. The summed E-state index contributed by atoms with van der Waals surface area (Å²) in [6.45, 7) is 4.71. The Morgan fingerprint density at radius 2 is 1.85 bits per heavy atom. The molecule has 1 fully saturated rings. The third-order valence-electron chi connectivity index (χ3n) is 4.26. The van der Waals surface area contributed by atoms with E-state index >= 15 is 0 Å². The Kier molecular flexibility index (Phi) is 5.59. The molecule has 3 rings (SSSR count). The molecule has 1 aromatic rings. The molecule has 0 radical (unpaired) electrons. The maximum absolute atomic E-state index is 12.4. The fraction of sp³-hybridized carbons (Fsp3) is 0.588. The van der Waals surface area contributed by atoms with Gasteiger partial charge in [0.05, 0.1) is 32.0 Å². The molecule has 1 amide bonds. The first-order valence-electron chi connectivity index (χ1n) is 8.57. The van der Waals surface area contributed by atoms with Crippen LogP contribution in [0.1, 0.15) is 41.1 Å². The summed E-state index contributed by atoms with van der Waals surface area (Å²) in [7, 11) is 0. The maximum Gasteiger partial charge on any atom is 0.397 e. The summed E-state index contributed by atoms with van der Waals surface area (Å²) in [6.07, 6.45) is 1.68. The molecule has 1 aromatic heterocycles. The second-order valence-electron chi connectivity index (χ2n) is 5.89. The van der Waals surface area contributed by atoms with E-state index in [4.69, 9.17) is 18.9 Å². The minimum atomic E-state index is -0.993. The van der Waals surface area contributed by atoms with E-state index in [1.807, 2.05) is 0 Å². The summed E-state index contributed by atoms with van der Waals surface area (Å²) in [4.78, 5) is 37.0. The first-order valence-corrected chi connectivity index (χ1v) is 9.39. The van der Waals surface area contributed by atoms with Crippen LogP contribution in [0.2, 0.25) is 0 Å². The molecular formula is C17H21NO7S. The summed E-state index contributed by atoms with van der Waals surface area (Å²) in [5.41, 5.74) is 1.12. The highest BCUT2D eigenvalue weighted by atomic mass is 32.1. The maximum atomic E-state index is 12.4. The zero-order valence-electron chi connectivity index (χ0n) is 14.7. The van der Waals surface area contributed by atoms with Crippen molar-refractivity contribution in [3.8, 4) is 0 Å². The van der Waals surface area contributed by atoms with Gasteiger partial charge in [0.15, 0.2) is 5.79 Å². The van der Waals surface area contributed by atoms with Gasteiger partial charge in [0.25, 0.3) is 0 Å². The Hall–Kier alpha value is -1.97. The molecule has 142 valence electrons. The predicted molar refractivity (Wildman–Crippen MR) is 92.2 cm³/mol. The molecular weight excluding hydrogens is 362 g/mol. The summed E-state index contributed by atoms with van der Waals surface area (Å²) in [6, 6.07) is 0. The minimum absolute atomic E-state index is 0.0924. The molecule has 0 unspecified atom stereocenters. The Morgan fingerprint density at radius 1 is 1.15 bits per heavy atom. The minimum Gasteiger partial charge on any atom is -0.462 e. The number of carbonyl (C=O) groups is 3. The molecule has 0 aromatic carbocycles. The molecule has 9 heteroatoms. The number of nitrogens with one attached hydrogen (secondary N) is 1. The Morgan fingerprint density at radius 3 is 2.50 bits per heavy atom. The molecule has 1 aliphatic heterocycles. The van der Waals surface area contributed by atoms with Gasteiger partial charge in [-0.25, -0.2) is 9.59 Å². The second kappa shape index (κ2) is 7.73. The van der Waals surface area contributed by atoms with E-state index < -0.39 is 23.6 Å². The largest absolute Gasteiger partial charge is 0.462 e. The number of esters is 2. The van der Waals surface area contributed by atoms with E-state index in [1.165, 1.54) is 11.3 Å². The molecule has 0 bridgehead atoms. The van der Waals surface area contributed by atoms with Crippen molar-refractivity contribution in [1.29, 1.82) is 0 Å². The molecule has 26 heavy (non-hydrogen) atoms. The Labute approximate surface area is 154 Å². The number of hydrogen-bond donors (Lipinski definition) is 1. The third-order valence-corrected chi connectivity index (χ3v) is 5.40. The highest BCUT2D eigenvalue weighted by molar-refractivity contribution is 7.17. The number of amides is 1. The van der Waals surface area contributed by atoms with Crippen molar-refractivity contribution >= 4 is 34.2 Å². The van der Waals surface area contributed by atoms with Crippen LogP contribution in [0.5, 0.6) is 0 Å².